The van der Waals surface area contributed by atoms with Gasteiger partial charge in [-0.15, -0.1) is 0 Å². The number of alkyl halides is 1. The van der Waals surface area contributed by atoms with Gasteiger partial charge in [-0.25, -0.2) is 4.79 Å². The van der Waals surface area contributed by atoms with Crippen molar-refractivity contribution < 1.29 is 9.53 Å². The van der Waals surface area contributed by atoms with Gasteiger partial charge >= 0.3 is 5.97 Å². The Morgan fingerprint density at radius 3 is 2.56 bits per heavy atom. The average Bonchev–Trinajstić information content (AvgIpc) is 2.40. The lowest BCUT2D eigenvalue weighted by atomic mass is 10.2. The molecule has 96 valence electrons. The summed E-state index contributed by atoms with van der Waals surface area (Å²) in [5.74, 6) is -0.330. The first kappa shape index (κ1) is 15.0. The summed E-state index contributed by atoms with van der Waals surface area (Å²) in [4.78, 5) is 11.5. The van der Waals surface area contributed by atoms with Gasteiger partial charge in [-0.1, -0.05) is 57.9 Å². The van der Waals surface area contributed by atoms with Crippen LogP contribution in [0.2, 0.25) is 0 Å². The molecule has 0 aromatic heterocycles. The van der Waals surface area contributed by atoms with Crippen molar-refractivity contribution in [2.45, 2.75) is 6.92 Å². The van der Waals surface area contributed by atoms with Crippen molar-refractivity contribution in [1.82, 2.24) is 0 Å². The summed E-state index contributed by atoms with van der Waals surface area (Å²) in [5, 5.41) is 1.01. The van der Waals surface area contributed by atoms with Gasteiger partial charge in [-0.05, 0) is 24.6 Å². The lowest BCUT2D eigenvalue weighted by molar-refractivity contribution is -0.138. The quantitative estimate of drug-likeness (QED) is 0.351. The second-order valence-corrected chi connectivity index (χ2v) is 4.39. The molecule has 2 nitrogen and oxygen atoms in total. The highest BCUT2D eigenvalue weighted by molar-refractivity contribution is 9.09. The van der Waals surface area contributed by atoms with Gasteiger partial charge < -0.3 is 4.74 Å². The van der Waals surface area contributed by atoms with E-state index in [2.05, 4.69) is 15.9 Å². The van der Waals surface area contributed by atoms with Crippen LogP contribution in [0.4, 0.5) is 0 Å². The zero-order valence-electron chi connectivity index (χ0n) is 10.0. The minimum atomic E-state index is -0.330. The number of esters is 1. The molecule has 1 aromatic rings. The van der Waals surface area contributed by atoms with Crippen LogP contribution in [-0.2, 0) is 9.53 Å². The van der Waals surface area contributed by atoms with Gasteiger partial charge in [0.1, 0.15) is 0 Å². The number of ether oxygens (including phenoxy) is 1. The Morgan fingerprint density at radius 2 is 2.00 bits per heavy atom. The van der Waals surface area contributed by atoms with Crippen LogP contribution in [0.25, 0.3) is 5.03 Å². The largest absolute Gasteiger partial charge is 0.463 e. The van der Waals surface area contributed by atoms with Crippen molar-refractivity contribution in [3.63, 3.8) is 0 Å². The van der Waals surface area contributed by atoms with E-state index >= 15 is 0 Å². The molecule has 0 atom stereocenters. The van der Waals surface area contributed by atoms with E-state index in [0.29, 0.717) is 22.5 Å². The molecule has 0 spiro atoms. The molecule has 0 N–H and O–H groups in total. The number of allylic oxidation sites excluding steroid dienone is 2. The molecule has 1 aromatic carbocycles. The van der Waals surface area contributed by atoms with Gasteiger partial charge in [0.25, 0.3) is 0 Å². The molecule has 18 heavy (non-hydrogen) atoms. The molecule has 0 amide bonds. The number of hydrogen-bond donors (Lipinski definition) is 0. The summed E-state index contributed by atoms with van der Waals surface area (Å²) in [5.41, 5.74) is 1.44. The molecule has 0 aliphatic carbocycles. The van der Waals surface area contributed by atoms with Crippen LogP contribution in [0.3, 0.4) is 0 Å². The second-order valence-electron chi connectivity index (χ2n) is 3.43. The fraction of sp³-hybridized carbons (Fsp3) is 0.214. The fourth-order valence-electron chi connectivity index (χ4n) is 1.26. The van der Waals surface area contributed by atoms with E-state index in [1.165, 1.54) is 0 Å². The summed E-state index contributed by atoms with van der Waals surface area (Å²) in [6.07, 6.45) is 3.37. The number of carbonyl (C=O) groups is 1. The molecule has 0 saturated heterocycles. The number of rotatable bonds is 5. The zero-order valence-corrected chi connectivity index (χ0v) is 12.4. The molecule has 0 fully saturated rings. The second kappa shape index (κ2) is 8.11. The summed E-state index contributed by atoms with van der Waals surface area (Å²) in [6, 6.07) is 9.56. The van der Waals surface area contributed by atoms with Crippen molar-refractivity contribution >= 4 is 38.5 Å². The van der Waals surface area contributed by atoms with E-state index in [1.54, 1.807) is 19.1 Å². The van der Waals surface area contributed by atoms with Crippen molar-refractivity contribution in [3.05, 3.63) is 53.6 Å². The van der Waals surface area contributed by atoms with Crippen LogP contribution in [-0.4, -0.2) is 17.9 Å². The lowest BCUT2D eigenvalue weighted by Crippen LogP contribution is -2.08. The first-order valence-corrected chi connectivity index (χ1v) is 7.03. The minimum Gasteiger partial charge on any atom is -0.463 e. The van der Waals surface area contributed by atoms with Gasteiger partial charge in [0, 0.05) is 15.9 Å². The Balaban J connectivity index is 2.85. The first-order chi connectivity index (χ1) is 8.69. The standard InChI is InChI=1S/C14H14BrClO2/c1-2-18-14(17)12(10-15)8-9-13(16)11-6-4-3-5-7-11/h3-9H,2,10H2,1H3/b12-8+,13-9-. The maximum Gasteiger partial charge on any atom is 0.334 e. The lowest BCUT2D eigenvalue weighted by Gasteiger charge is -2.02. The third-order valence-corrected chi connectivity index (χ3v) is 3.11. The third-order valence-electron chi connectivity index (χ3n) is 2.16. The molecule has 0 heterocycles. The van der Waals surface area contributed by atoms with Crippen LogP contribution in [0.5, 0.6) is 0 Å². The average molecular weight is 330 g/mol. The Hall–Kier alpha value is -1.06. The first-order valence-electron chi connectivity index (χ1n) is 5.54. The minimum absolute atomic E-state index is 0.330. The molecular formula is C14H14BrClO2. The van der Waals surface area contributed by atoms with Crippen LogP contribution in [0.1, 0.15) is 12.5 Å². The Labute approximate surface area is 120 Å². The predicted octanol–water partition coefficient (Wildman–Crippen LogP) is 4.15. The summed E-state index contributed by atoms with van der Waals surface area (Å²) >= 11 is 9.39. The number of halogens is 2. The van der Waals surface area contributed by atoms with E-state index in [4.69, 9.17) is 16.3 Å². The van der Waals surface area contributed by atoms with Crippen LogP contribution in [0.15, 0.2) is 48.1 Å². The van der Waals surface area contributed by atoms with E-state index in [0.717, 1.165) is 5.56 Å². The topological polar surface area (TPSA) is 26.3 Å². The van der Waals surface area contributed by atoms with Crippen molar-refractivity contribution in [2.24, 2.45) is 0 Å². The highest BCUT2D eigenvalue weighted by Crippen LogP contribution is 2.18. The Kier molecular flexibility index (Phi) is 6.76. The van der Waals surface area contributed by atoms with E-state index in [-0.39, 0.29) is 5.97 Å². The SMILES string of the molecule is CCOC(=O)/C(=C/C=C(\Cl)c1ccccc1)CBr. The number of hydrogen-bond acceptors (Lipinski definition) is 2. The normalized spacial score (nSPS) is 12.4. The molecule has 0 bridgehead atoms. The van der Waals surface area contributed by atoms with Crippen molar-refractivity contribution in [1.29, 1.82) is 0 Å². The number of carbonyl (C=O) groups excluding carboxylic acids is 1. The maximum atomic E-state index is 11.5. The molecule has 0 unspecified atom stereocenters. The van der Waals surface area contributed by atoms with E-state index in [9.17, 15) is 4.79 Å². The third kappa shape index (κ3) is 4.67. The molecule has 1 rings (SSSR count). The van der Waals surface area contributed by atoms with Gasteiger partial charge in [0.2, 0.25) is 0 Å². The monoisotopic (exact) mass is 328 g/mol. The summed E-state index contributed by atoms with van der Waals surface area (Å²) < 4.78 is 4.92. The van der Waals surface area contributed by atoms with Gasteiger partial charge in [-0.3, -0.25) is 0 Å². The van der Waals surface area contributed by atoms with Crippen molar-refractivity contribution in [3.8, 4) is 0 Å². The summed E-state index contributed by atoms with van der Waals surface area (Å²) in [7, 11) is 0. The Bertz CT molecular complexity index is 452. The molecule has 0 saturated carbocycles. The van der Waals surface area contributed by atoms with Crippen LogP contribution < -0.4 is 0 Å². The molecule has 0 aliphatic heterocycles. The molecule has 4 heteroatoms. The highest BCUT2D eigenvalue weighted by Gasteiger charge is 2.07. The zero-order chi connectivity index (χ0) is 13.4. The van der Waals surface area contributed by atoms with Gasteiger partial charge in [0.15, 0.2) is 0 Å². The molecule has 0 aliphatic rings. The molecule has 0 radical (unpaired) electrons. The van der Waals surface area contributed by atoms with Crippen LogP contribution in [0, 0.1) is 0 Å². The van der Waals surface area contributed by atoms with Gasteiger partial charge in [-0.2, -0.15) is 0 Å². The summed E-state index contributed by atoms with van der Waals surface area (Å²) in [6.45, 7) is 2.13. The van der Waals surface area contributed by atoms with E-state index < -0.39 is 0 Å². The highest BCUT2D eigenvalue weighted by atomic mass is 79.9. The Morgan fingerprint density at radius 1 is 1.33 bits per heavy atom. The van der Waals surface area contributed by atoms with E-state index in [1.807, 2.05) is 30.3 Å². The van der Waals surface area contributed by atoms with Gasteiger partial charge in [0.05, 0.1) is 6.61 Å². The predicted molar refractivity (Wildman–Crippen MR) is 78.8 cm³/mol. The fourth-order valence-corrected chi connectivity index (χ4v) is 1.86. The van der Waals surface area contributed by atoms with Crippen LogP contribution >= 0.6 is 27.5 Å². The number of benzene rings is 1. The molecular weight excluding hydrogens is 316 g/mol. The van der Waals surface area contributed by atoms with Crippen molar-refractivity contribution in [2.75, 3.05) is 11.9 Å². The maximum absolute atomic E-state index is 11.5. The smallest absolute Gasteiger partial charge is 0.334 e.